The molecule has 11 heteroatoms. The highest BCUT2D eigenvalue weighted by atomic mass is 16.4. The number of aliphatic carboxylic acids is 1. The van der Waals surface area contributed by atoms with Crippen LogP contribution in [0.1, 0.15) is 40.9 Å². The summed E-state index contributed by atoms with van der Waals surface area (Å²) in [5, 5.41) is 23.3. The van der Waals surface area contributed by atoms with Crippen LogP contribution in [0.3, 0.4) is 0 Å². The van der Waals surface area contributed by atoms with Crippen LogP contribution >= 0.6 is 0 Å². The summed E-state index contributed by atoms with van der Waals surface area (Å²) in [6, 6.07) is 16.7. The fourth-order valence-electron chi connectivity index (χ4n) is 9.07. The second-order valence-corrected chi connectivity index (χ2v) is 14.4. The van der Waals surface area contributed by atoms with Crippen LogP contribution < -0.4 is 5.32 Å². The van der Waals surface area contributed by atoms with Crippen LogP contribution in [0.4, 0.5) is 5.82 Å². The third kappa shape index (κ3) is 4.63. The minimum Gasteiger partial charge on any atom is -0.477 e. The molecule has 6 aliphatic rings. The van der Waals surface area contributed by atoms with E-state index in [-0.39, 0.29) is 29.2 Å². The smallest absolute Gasteiger partial charge is 0.352 e. The van der Waals surface area contributed by atoms with Gasteiger partial charge in [0.2, 0.25) is 5.91 Å². The predicted octanol–water partition coefficient (Wildman–Crippen LogP) is 2.75. The molecule has 48 heavy (non-hydrogen) atoms. The largest absolute Gasteiger partial charge is 0.477 e. The fraction of sp³-hybridized carbons (Fsp3) is 0.378. The zero-order valence-corrected chi connectivity index (χ0v) is 27.1. The van der Waals surface area contributed by atoms with Crippen molar-refractivity contribution in [2.24, 2.45) is 11.8 Å². The first kappa shape index (κ1) is 30.6. The summed E-state index contributed by atoms with van der Waals surface area (Å²) in [5.41, 5.74) is 5.13. The number of β-lactam (4-membered cyclic amide) rings is 1. The van der Waals surface area contributed by atoms with Crippen molar-refractivity contribution in [2.45, 2.75) is 32.5 Å². The molecular weight excluding hydrogens is 610 g/mol. The van der Waals surface area contributed by atoms with E-state index in [4.69, 9.17) is 0 Å². The van der Waals surface area contributed by atoms with Gasteiger partial charge in [0.1, 0.15) is 57.3 Å². The summed E-state index contributed by atoms with van der Waals surface area (Å²) < 4.78 is 1.77. The van der Waals surface area contributed by atoms with Crippen molar-refractivity contribution in [3.8, 4) is 11.1 Å². The Morgan fingerprint density at radius 3 is 2.31 bits per heavy atom. The van der Waals surface area contributed by atoms with Crippen LogP contribution in [0.15, 0.2) is 66.5 Å². The van der Waals surface area contributed by atoms with E-state index in [9.17, 15) is 29.4 Å². The number of piperazine rings is 3. The van der Waals surface area contributed by atoms with Gasteiger partial charge in [0.25, 0.3) is 5.91 Å². The summed E-state index contributed by atoms with van der Waals surface area (Å²) in [7, 11) is 0. The maximum Gasteiger partial charge on any atom is 0.352 e. The van der Waals surface area contributed by atoms with Crippen LogP contribution in [0, 0.1) is 11.8 Å². The number of aliphatic hydroxyl groups excluding tert-OH is 1. The minimum absolute atomic E-state index is 0.000817. The van der Waals surface area contributed by atoms with Crippen molar-refractivity contribution < 1.29 is 38.4 Å². The van der Waals surface area contributed by atoms with Crippen molar-refractivity contribution in [3.63, 3.8) is 0 Å². The van der Waals surface area contributed by atoms with Crippen LogP contribution in [-0.4, -0.2) is 111 Å². The van der Waals surface area contributed by atoms with E-state index in [1.807, 2.05) is 37.3 Å². The number of ketones is 1. The number of nitrogens with one attached hydrogen (secondary N) is 1. The molecule has 4 saturated heterocycles. The van der Waals surface area contributed by atoms with Crippen LogP contribution in [-0.2, 0) is 20.9 Å². The van der Waals surface area contributed by atoms with E-state index >= 15 is 0 Å². The van der Waals surface area contributed by atoms with Crippen LogP contribution in [0.25, 0.3) is 16.7 Å². The molecule has 0 radical (unpaired) electrons. The zero-order valence-electron chi connectivity index (χ0n) is 27.1. The Kier molecular flexibility index (Phi) is 6.96. The van der Waals surface area contributed by atoms with Gasteiger partial charge in [-0.1, -0.05) is 31.2 Å². The first-order valence-electron chi connectivity index (χ1n) is 16.7. The van der Waals surface area contributed by atoms with Crippen molar-refractivity contribution in [3.05, 3.63) is 88.7 Å². The molecule has 11 nitrogen and oxygen atoms in total. The van der Waals surface area contributed by atoms with Crippen LogP contribution in [0.2, 0.25) is 0 Å². The van der Waals surface area contributed by atoms with Gasteiger partial charge in [-0.3, -0.25) is 14.4 Å². The Hall–Kier alpha value is -4.71. The second kappa shape index (κ2) is 10.9. The number of aliphatic hydroxyl groups is 1. The summed E-state index contributed by atoms with van der Waals surface area (Å²) >= 11 is 0. The molecule has 3 aromatic rings. The van der Waals surface area contributed by atoms with Gasteiger partial charge >= 0.3 is 5.97 Å². The number of anilines is 1. The number of amides is 2. The normalized spacial score (nSPS) is 28.9. The molecule has 9 rings (SSSR count). The number of fused-ring (bicyclic) bond motifs is 7. The van der Waals surface area contributed by atoms with E-state index in [2.05, 4.69) is 22.4 Å². The first-order valence-corrected chi connectivity index (χ1v) is 16.7. The summed E-state index contributed by atoms with van der Waals surface area (Å²) in [5.74, 6) is -2.04. The lowest BCUT2D eigenvalue weighted by Gasteiger charge is -2.55. The van der Waals surface area contributed by atoms with Gasteiger partial charge in [0.05, 0.1) is 18.1 Å². The number of carbonyl (C=O) groups excluding carboxylic acids is 3. The van der Waals surface area contributed by atoms with Crippen molar-refractivity contribution in [2.75, 3.05) is 51.1 Å². The second-order valence-electron chi connectivity index (χ2n) is 14.4. The van der Waals surface area contributed by atoms with Gasteiger partial charge < -0.3 is 29.4 Å². The lowest BCUT2D eigenvalue weighted by molar-refractivity contribution is -1.08. The number of hydrogen-bond donors (Lipinski definition) is 3. The number of benzene rings is 2. The van der Waals surface area contributed by atoms with Crippen molar-refractivity contribution >= 4 is 35.0 Å². The molecule has 246 valence electrons. The van der Waals surface area contributed by atoms with E-state index in [1.54, 1.807) is 25.3 Å². The molecule has 2 amide bonds. The Morgan fingerprint density at radius 2 is 1.65 bits per heavy atom. The molecule has 2 bridgehead atoms. The summed E-state index contributed by atoms with van der Waals surface area (Å²) in [6.07, 6.45) is 0.790. The SMILES string of the molecule is C[C@@H](O)[C@H]1C(=O)N2C(C(=O)O)=C(c3ccc4c(c3)C(=O)c3ccc(C[N+]56CC[N+](CC(=O)Nc7ccccn7)(CC5)CC6)cc3-4)[C@H](C)[C@H]12. The molecular formula is C37H39N5O6+2. The van der Waals surface area contributed by atoms with Gasteiger partial charge in [0.15, 0.2) is 12.3 Å². The lowest BCUT2D eigenvalue weighted by Crippen LogP contribution is -2.75. The Bertz CT molecular complexity index is 1910. The van der Waals surface area contributed by atoms with Crippen LogP contribution in [0.5, 0.6) is 0 Å². The third-order valence-electron chi connectivity index (χ3n) is 11.6. The summed E-state index contributed by atoms with van der Waals surface area (Å²) in [4.78, 5) is 57.3. The van der Waals surface area contributed by atoms with Crippen molar-refractivity contribution in [1.82, 2.24) is 9.88 Å². The van der Waals surface area contributed by atoms with Gasteiger partial charge in [-0.25, -0.2) is 9.78 Å². The number of aromatic nitrogens is 1. The number of carbonyl (C=O) groups is 4. The lowest BCUT2D eigenvalue weighted by atomic mass is 9.76. The Labute approximate surface area is 278 Å². The molecule has 0 saturated carbocycles. The molecule has 1 aromatic heterocycles. The first-order chi connectivity index (χ1) is 23.0. The molecule has 5 aliphatic heterocycles. The van der Waals surface area contributed by atoms with Gasteiger partial charge in [-0.15, -0.1) is 0 Å². The fourth-order valence-corrected chi connectivity index (χ4v) is 9.07. The number of nitrogens with zero attached hydrogens (tertiary/aromatic N) is 4. The number of pyridine rings is 1. The number of carboxylic acids is 1. The number of hydrogen-bond acceptors (Lipinski definition) is 6. The monoisotopic (exact) mass is 649 g/mol. The average molecular weight is 650 g/mol. The minimum atomic E-state index is -1.19. The molecule has 6 heterocycles. The molecule has 4 atom stereocenters. The molecule has 2 aromatic carbocycles. The van der Waals surface area contributed by atoms with Crippen molar-refractivity contribution in [1.29, 1.82) is 0 Å². The average Bonchev–Trinajstić information content (AvgIpc) is 3.49. The molecule has 4 fully saturated rings. The molecule has 3 N–H and O–H groups in total. The molecule has 0 unspecified atom stereocenters. The van der Waals surface area contributed by atoms with Gasteiger partial charge in [0, 0.05) is 28.8 Å². The highest BCUT2D eigenvalue weighted by molar-refractivity contribution is 6.22. The van der Waals surface area contributed by atoms with E-state index in [1.165, 1.54) is 10.5 Å². The maximum absolute atomic E-state index is 13.7. The number of rotatable bonds is 8. The summed E-state index contributed by atoms with van der Waals surface area (Å²) in [6.45, 7) is 10.6. The molecule has 1 aliphatic carbocycles. The quantitative estimate of drug-likeness (QED) is 0.197. The maximum atomic E-state index is 13.7. The zero-order chi connectivity index (χ0) is 33.5. The number of quaternary nitrogens is 2. The predicted molar refractivity (Wildman–Crippen MR) is 176 cm³/mol. The Morgan fingerprint density at radius 1 is 0.938 bits per heavy atom. The standard InChI is InChI=1S/C37H37N5O6/c1-21-31(34(37(47)48)40-33(21)32(22(2)43)36(40)46)24-7-9-25-27-17-23(6-8-26(27)35(45)28(25)18-24)19-41-11-14-42(15-12-41,16-13-41)20-30(44)39-29-5-3-4-10-38-29/h3-10,17-18,21-22,32-33,43H,11-16,19-20H2,1-2H3/p+2/t21-,22+,32+,33+,41?,42?/m0/s1. The Balaban J connectivity index is 1.00. The highest BCUT2D eigenvalue weighted by Gasteiger charge is 2.60. The molecule has 0 spiro atoms. The highest BCUT2D eigenvalue weighted by Crippen LogP contribution is 2.51. The topological polar surface area (TPSA) is 137 Å². The van der Waals surface area contributed by atoms with E-state index in [0.29, 0.717) is 34.6 Å². The van der Waals surface area contributed by atoms with E-state index in [0.717, 1.165) is 65.9 Å². The van der Waals surface area contributed by atoms with E-state index < -0.39 is 24.0 Å². The number of carboxylic acid groups (broad SMARTS) is 1. The van der Waals surface area contributed by atoms with Gasteiger partial charge in [-0.05, 0) is 59.5 Å². The van der Waals surface area contributed by atoms with Gasteiger partial charge in [-0.2, -0.15) is 0 Å². The third-order valence-corrected chi connectivity index (χ3v) is 11.6.